The van der Waals surface area contributed by atoms with Crippen LogP contribution in [0.15, 0.2) is 42.7 Å². The Kier molecular flexibility index (Phi) is 4.32. The predicted molar refractivity (Wildman–Crippen MR) is 77.9 cm³/mol. The summed E-state index contributed by atoms with van der Waals surface area (Å²) in [5.74, 6) is -0.486. The molecule has 1 heterocycles. The molecule has 6 heteroatoms. The minimum absolute atomic E-state index is 0.209. The molecule has 0 fully saturated rings. The fourth-order valence-corrected chi connectivity index (χ4v) is 1.81. The molecule has 0 bridgehead atoms. The van der Waals surface area contributed by atoms with Crippen LogP contribution in [0, 0.1) is 0 Å². The summed E-state index contributed by atoms with van der Waals surface area (Å²) in [4.78, 5) is 26.8. The molecule has 2 N–H and O–H groups in total. The summed E-state index contributed by atoms with van der Waals surface area (Å²) in [7, 11) is 0. The van der Waals surface area contributed by atoms with E-state index in [1.54, 1.807) is 36.5 Å². The molecule has 0 aliphatic carbocycles. The molecule has 0 atom stereocenters. The van der Waals surface area contributed by atoms with E-state index in [9.17, 15) is 9.59 Å². The van der Waals surface area contributed by atoms with Crippen molar-refractivity contribution in [2.45, 2.75) is 6.92 Å². The van der Waals surface area contributed by atoms with E-state index >= 15 is 0 Å². The number of carbonyl (C=O) groups is 2. The van der Waals surface area contributed by atoms with Crippen LogP contribution in [0.5, 0.6) is 0 Å². The normalized spacial score (nSPS) is 9.90. The number of pyridine rings is 1. The molecule has 2 rings (SSSR count). The highest BCUT2D eigenvalue weighted by Crippen LogP contribution is 2.25. The predicted octanol–water partition coefficient (Wildman–Crippen LogP) is 2.95. The third kappa shape index (κ3) is 3.55. The Morgan fingerprint density at radius 1 is 1.20 bits per heavy atom. The number of hydrogen-bond donors (Lipinski definition) is 2. The molecule has 5 nitrogen and oxygen atoms in total. The van der Waals surface area contributed by atoms with E-state index in [0.717, 1.165) is 0 Å². The second-order valence-electron chi connectivity index (χ2n) is 4.07. The zero-order valence-electron chi connectivity index (χ0n) is 10.7. The molecule has 1 aromatic heterocycles. The van der Waals surface area contributed by atoms with Gasteiger partial charge in [0, 0.05) is 25.0 Å². The van der Waals surface area contributed by atoms with E-state index in [1.165, 1.54) is 13.1 Å². The van der Waals surface area contributed by atoms with Crippen LogP contribution < -0.4 is 10.6 Å². The minimum Gasteiger partial charge on any atom is -0.325 e. The highest BCUT2D eigenvalue weighted by molar-refractivity contribution is 6.34. The number of carbonyl (C=O) groups excluding carboxylic acids is 2. The van der Waals surface area contributed by atoms with Crippen molar-refractivity contribution < 1.29 is 9.59 Å². The van der Waals surface area contributed by atoms with E-state index in [1.807, 2.05) is 0 Å². The molecule has 2 amide bonds. The van der Waals surface area contributed by atoms with E-state index in [2.05, 4.69) is 15.6 Å². The molecule has 102 valence electrons. The lowest BCUT2D eigenvalue weighted by atomic mass is 10.2. The fourth-order valence-electron chi connectivity index (χ4n) is 1.58. The average molecular weight is 290 g/mol. The van der Waals surface area contributed by atoms with Gasteiger partial charge in [0.2, 0.25) is 5.91 Å². The van der Waals surface area contributed by atoms with Crippen LogP contribution in [-0.4, -0.2) is 16.8 Å². The van der Waals surface area contributed by atoms with Crippen LogP contribution in [0.4, 0.5) is 11.4 Å². The van der Waals surface area contributed by atoms with Gasteiger partial charge in [-0.05, 0) is 30.3 Å². The summed E-state index contributed by atoms with van der Waals surface area (Å²) in [5, 5.41) is 5.65. The zero-order chi connectivity index (χ0) is 14.5. The highest BCUT2D eigenvalue weighted by atomic mass is 35.5. The summed E-state index contributed by atoms with van der Waals surface area (Å²) in [6.45, 7) is 1.40. The zero-order valence-corrected chi connectivity index (χ0v) is 11.4. The smallest absolute Gasteiger partial charge is 0.257 e. The van der Waals surface area contributed by atoms with Crippen molar-refractivity contribution in [3.8, 4) is 0 Å². The number of rotatable bonds is 3. The first-order valence-corrected chi connectivity index (χ1v) is 6.22. The average Bonchev–Trinajstić information content (AvgIpc) is 2.42. The van der Waals surface area contributed by atoms with Crippen molar-refractivity contribution >= 4 is 34.8 Å². The molecule has 0 unspecified atom stereocenters. The molecule has 0 saturated carbocycles. The fraction of sp³-hybridized carbons (Fsp3) is 0.0714. The van der Waals surface area contributed by atoms with Crippen molar-refractivity contribution in [3.05, 3.63) is 53.3 Å². The highest BCUT2D eigenvalue weighted by Gasteiger charge is 2.08. The van der Waals surface area contributed by atoms with Crippen molar-refractivity contribution in [1.29, 1.82) is 0 Å². The first-order chi connectivity index (χ1) is 9.56. The monoisotopic (exact) mass is 289 g/mol. The van der Waals surface area contributed by atoms with Crippen molar-refractivity contribution in [1.82, 2.24) is 4.98 Å². The summed E-state index contributed by atoms with van der Waals surface area (Å²) in [6, 6.07) is 8.20. The Morgan fingerprint density at radius 2 is 2.00 bits per heavy atom. The van der Waals surface area contributed by atoms with E-state index in [0.29, 0.717) is 22.0 Å². The van der Waals surface area contributed by atoms with Gasteiger partial charge in [0.25, 0.3) is 5.91 Å². The number of anilines is 2. The van der Waals surface area contributed by atoms with Gasteiger partial charge in [-0.15, -0.1) is 0 Å². The number of aromatic nitrogens is 1. The van der Waals surface area contributed by atoms with Crippen LogP contribution in [0.3, 0.4) is 0 Å². The Labute approximate surface area is 121 Å². The molecule has 0 aliphatic rings. The lowest BCUT2D eigenvalue weighted by Crippen LogP contribution is -2.12. The number of nitrogens with one attached hydrogen (secondary N) is 2. The number of halogens is 1. The van der Waals surface area contributed by atoms with Gasteiger partial charge in [-0.2, -0.15) is 0 Å². The van der Waals surface area contributed by atoms with Gasteiger partial charge in [-0.1, -0.05) is 11.6 Å². The topological polar surface area (TPSA) is 71.1 Å². The van der Waals surface area contributed by atoms with E-state index in [4.69, 9.17) is 11.6 Å². The molecule has 0 spiro atoms. The number of benzene rings is 1. The Morgan fingerprint density at radius 3 is 2.60 bits per heavy atom. The molecular weight excluding hydrogens is 278 g/mol. The Balaban J connectivity index is 2.13. The van der Waals surface area contributed by atoms with Gasteiger partial charge in [0.15, 0.2) is 0 Å². The maximum absolute atomic E-state index is 11.9. The molecule has 1 aromatic carbocycles. The standard InChI is InChI=1S/C14H12ClN3O2/c1-9(19)17-13-5-4-11(7-12(13)15)18-14(20)10-3-2-6-16-8-10/h2-8H,1H3,(H,17,19)(H,18,20). The molecular formula is C14H12ClN3O2. The minimum atomic E-state index is -0.276. The van der Waals surface area contributed by atoms with Crippen LogP contribution >= 0.6 is 11.6 Å². The number of amides is 2. The second kappa shape index (κ2) is 6.16. The van der Waals surface area contributed by atoms with E-state index in [-0.39, 0.29) is 11.8 Å². The van der Waals surface area contributed by atoms with Crippen molar-refractivity contribution in [2.75, 3.05) is 10.6 Å². The van der Waals surface area contributed by atoms with Crippen molar-refractivity contribution in [3.63, 3.8) is 0 Å². The summed E-state index contributed by atoms with van der Waals surface area (Å²) < 4.78 is 0. The molecule has 0 saturated heterocycles. The van der Waals surface area contributed by atoms with Gasteiger partial charge < -0.3 is 10.6 Å². The second-order valence-corrected chi connectivity index (χ2v) is 4.48. The van der Waals surface area contributed by atoms with Gasteiger partial charge in [0.05, 0.1) is 16.3 Å². The summed E-state index contributed by atoms with van der Waals surface area (Å²) in [6.07, 6.45) is 3.07. The van der Waals surface area contributed by atoms with Gasteiger partial charge in [0.1, 0.15) is 0 Å². The van der Waals surface area contributed by atoms with Gasteiger partial charge in [-0.3, -0.25) is 14.6 Å². The molecule has 0 aliphatic heterocycles. The third-order valence-electron chi connectivity index (χ3n) is 2.46. The van der Waals surface area contributed by atoms with E-state index < -0.39 is 0 Å². The molecule has 0 radical (unpaired) electrons. The van der Waals surface area contributed by atoms with Crippen LogP contribution in [0.25, 0.3) is 0 Å². The summed E-state index contributed by atoms with van der Waals surface area (Å²) >= 11 is 6.02. The third-order valence-corrected chi connectivity index (χ3v) is 2.77. The van der Waals surface area contributed by atoms with Crippen LogP contribution in [0.2, 0.25) is 5.02 Å². The SMILES string of the molecule is CC(=O)Nc1ccc(NC(=O)c2cccnc2)cc1Cl. The largest absolute Gasteiger partial charge is 0.325 e. The van der Waals surface area contributed by atoms with Gasteiger partial charge in [-0.25, -0.2) is 0 Å². The first-order valence-electron chi connectivity index (χ1n) is 5.85. The maximum Gasteiger partial charge on any atom is 0.257 e. The molecule has 20 heavy (non-hydrogen) atoms. The Bertz CT molecular complexity index is 644. The number of hydrogen-bond acceptors (Lipinski definition) is 3. The summed E-state index contributed by atoms with van der Waals surface area (Å²) in [5.41, 5.74) is 1.49. The quantitative estimate of drug-likeness (QED) is 0.912. The molecule has 2 aromatic rings. The maximum atomic E-state index is 11.9. The van der Waals surface area contributed by atoms with Crippen molar-refractivity contribution in [2.24, 2.45) is 0 Å². The van der Waals surface area contributed by atoms with Crippen LogP contribution in [0.1, 0.15) is 17.3 Å². The van der Waals surface area contributed by atoms with Gasteiger partial charge >= 0.3 is 0 Å². The number of nitrogens with zero attached hydrogens (tertiary/aromatic N) is 1. The Hall–Kier alpha value is -2.40. The lowest BCUT2D eigenvalue weighted by molar-refractivity contribution is -0.114. The lowest BCUT2D eigenvalue weighted by Gasteiger charge is -2.09. The first kappa shape index (κ1) is 14.0. The van der Waals surface area contributed by atoms with Crippen LogP contribution in [-0.2, 0) is 4.79 Å².